The number of nitriles is 1. The number of halogens is 3. The smallest absolute Gasteiger partial charge is 0.385 e. The molecule has 3 N–H and O–H groups in total. The number of hydrogen-bond donors (Lipinski definition) is 3. The Bertz CT molecular complexity index is 1520. The summed E-state index contributed by atoms with van der Waals surface area (Å²) < 4.78 is 41.2. The first-order chi connectivity index (χ1) is 19.1. The molecule has 206 valence electrons. The zero-order valence-corrected chi connectivity index (χ0v) is 21.9. The molecule has 0 aliphatic rings. The van der Waals surface area contributed by atoms with Gasteiger partial charge in [0, 0.05) is 24.0 Å². The highest BCUT2D eigenvalue weighted by atomic mass is 19.4. The Balaban J connectivity index is 1.55. The molecule has 0 saturated carbocycles. The first kappa shape index (κ1) is 28.4. The highest BCUT2D eigenvalue weighted by Crippen LogP contribution is 2.30. The SMILES string of the molecule is CCC(C)CNc1ccc(C(O)c2cccc(NC(=O)c3cc(C(F)(F)F)nn3-c3cccc(C#N)c3)c2)cc1. The van der Waals surface area contributed by atoms with Crippen LogP contribution in [-0.2, 0) is 6.18 Å². The minimum absolute atomic E-state index is 0.131. The lowest BCUT2D eigenvalue weighted by molar-refractivity contribution is -0.141. The summed E-state index contributed by atoms with van der Waals surface area (Å²) in [5.41, 5.74) is 1.07. The molecule has 1 heterocycles. The molecule has 1 aromatic heterocycles. The molecule has 0 aliphatic carbocycles. The van der Waals surface area contributed by atoms with Crippen molar-refractivity contribution in [3.05, 3.63) is 107 Å². The number of aromatic nitrogens is 2. The van der Waals surface area contributed by atoms with Gasteiger partial charge in [-0.1, -0.05) is 50.6 Å². The summed E-state index contributed by atoms with van der Waals surface area (Å²) in [7, 11) is 0. The zero-order chi connectivity index (χ0) is 28.9. The van der Waals surface area contributed by atoms with Crippen molar-refractivity contribution in [1.82, 2.24) is 9.78 Å². The summed E-state index contributed by atoms with van der Waals surface area (Å²) in [6.45, 7) is 5.13. The average molecular weight is 548 g/mol. The molecular weight excluding hydrogens is 519 g/mol. The molecule has 0 aliphatic heterocycles. The topological polar surface area (TPSA) is 103 Å². The van der Waals surface area contributed by atoms with E-state index in [4.69, 9.17) is 0 Å². The Morgan fingerprint density at radius 3 is 2.42 bits per heavy atom. The van der Waals surface area contributed by atoms with Gasteiger partial charge in [-0.3, -0.25) is 4.79 Å². The molecule has 0 bridgehead atoms. The molecule has 4 aromatic rings. The molecule has 0 spiro atoms. The molecule has 10 heteroatoms. The number of alkyl halides is 3. The van der Waals surface area contributed by atoms with E-state index in [-0.39, 0.29) is 22.6 Å². The van der Waals surface area contributed by atoms with E-state index < -0.39 is 23.9 Å². The molecule has 0 radical (unpaired) electrons. The van der Waals surface area contributed by atoms with Crippen molar-refractivity contribution in [2.24, 2.45) is 5.92 Å². The third-order valence-corrected chi connectivity index (χ3v) is 6.49. The van der Waals surface area contributed by atoms with Gasteiger partial charge in [0.05, 0.1) is 17.3 Å². The van der Waals surface area contributed by atoms with Crippen LogP contribution in [0.1, 0.15) is 59.2 Å². The number of aliphatic hydroxyl groups is 1. The number of carbonyl (C=O) groups is 1. The molecule has 0 fully saturated rings. The summed E-state index contributed by atoms with van der Waals surface area (Å²) >= 11 is 0. The number of benzene rings is 3. The largest absolute Gasteiger partial charge is 0.435 e. The molecule has 7 nitrogen and oxygen atoms in total. The fourth-order valence-corrected chi connectivity index (χ4v) is 3.98. The Kier molecular flexibility index (Phi) is 8.55. The van der Waals surface area contributed by atoms with Crippen LogP contribution in [0.2, 0.25) is 0 Å². The lowest BCUT2D eigenvalue weighted by atomic mass is 10.0. The van der Waals surface area contributed by atoms with E-state index in [1.54, 1.807) is 36.4 Å². The molecule has 2 unspecified atom stereocenters. The molecule has 0 saturated heterocycles. The monoisotopic (exact) mass is 547 g/mol. The van der Waals surface area contributed by atoms with Gasteiger partial charge in [0.2, 0.25) is 0 Å². The highest BCUT2D eigenvalue weighted by Gasteiger charge is 2.36. The molecule has 4 rings (SSSR count). The van der Waals surface area contributed by atoms with E-state index >= 15 is 0 Å². The van der Waals surface area contributed by atoms with Crippen molar-refractivity contribution >= 4 is 17.3 Å². The van der Waals surface area contributed by atoms with Gasteiger partial charge in [0.25, 0.3) is 5.91 Å². The number of carbonyl (C=O) groups excluding carboxylic acids is 1. The van der Waals surface area contributed by atoms with Crippen molar-refractivity contribution in [2.75, 3.05) is 17.2 Å². The molecule has 3 aromatic carbocycles. The minimum atomic E-state index is -4.78. The van der Waals surface area contributed by atoms with Crippen LogP contribution in [0.5, 0.6) is 0 Å². The van der Waals surface area contributed by atoms with E-state index in [1.807, 2.05) is 18.2 Å². The summed E-state index contributed by atoms with van der Waals surface area (Å²) in [5, 5.41) is 29.7. The number of rotatable bonds is 9. The molecule has 1 amide bonds. The Morgan fingerprint density at radius 1 is 1.02 bits per heavy atom. The van der Waals surface area contributed by atoms with Crippen molar-refractivity contribution < 1.29 is 23.1 Å². The van der Waals surface area contributed by atoms with E-state index in [0.717, 1.165) is 23.3 Å². The first-order valence-corrected chi connectivity index (χ1v) is 12.7. The van der Waals surface area contributed by atoms with Gasteiger partial charge < -0.3 is 15.7 Å². The summed E-state index contributed by atoms with van der Waals surface area (Å²) in [5.74, 6) is -0.307. The Hall–Kier alpha value is -4.62. The van der Waals surface area contributed by atoms with E-state index in [0.29, 0.717) is 23.1 Å². The summed E-state index contributed by atoms with van der Waals surface area (Å²) in [6.07, 6.45) is -4.70. The van der Waals surface area contributed by atoms with Crippen LogP contribution in [0.4, 0.5) is 24.5 Å². The van der Waals surface area contributed by atoms with Gasteiger partial charge in [-0.05, 0) is 59.5 Å². The second-order valence-corrected chi connectivity index (χ2v) is 9.48. The lowest BCUT2D eigenvalue weighted by Gasteiger charge is -2.15. The van der Waals surface area contributed by atoms with Crippen LogP contribution in [0.25, 0.3) is 5.69 Å². The van der Waals surface area contributed by atoms with Gasteiger partial charge in [-0.2, -0.15) is 23.5 Å². The lowest BCUT2D eigenvalue weighted by Crippen LogP contribution is -2.17. The maximum Gasteiger partial charge on any atom is 0.435 e. The van der Waals surface area contributed by atoms with Crippen molar-refractivity contribution in [3.63, 3.8) is 0 Å². The van der Waals surface area contributed by atoms with Crippen molar-refractivity contribution in [2.45, 2.75) is 32.5 Å². The van der Waals surface area contributed by atoms with Crippen LogP contribution in [0, 0.1) is 17.2 Å². The Labute approximate surface area is 229 Å². The van der Waals surface area contributed by atoms with E-state index in [1.165, 1.54) is 24.3 Å². The standard InChI is InChI=1S/C30H28F3N5O2/c1-3-19(2)18-35-23-12-10-21(11-13-23)28(39)22-7-5-8-24(15-22)36-29(40)26-16-27(30(31,32)33)37-38(26)25-9-4-6-20(14-25)17-34/h4-16,19,28,35,39H,3,18H2,1-2H3,(H,36,40). The normalized spacial score (nSPS) is 12.8. The highest BCUT2D eigenvalue weighted by molar-refractivity contribution is 6.03. The number of nitrogens with zero attached hydrogens (tertiary/aromatic N) is 3. The van der Waals surface area contributed by atoms with E-state index in [9.17, 15) is 28.3 Å². The molecule has 2 atom stereocenters. The minimum Gasteiger partial charge on any atom is -0.385 e. The van der Waals surface area contributed by atoms with Gasteiger partial charge in [0.15, 0.2) is 5.69 Å². The van der Waals surface area contributed by atoms with Gasteiger partial charge in [0.1, 0.15) is 11.8 Å². The zero-order valence-electron chi connectivity index (χ0n) is 21.9. The van der Waals surface area contributed by atoms with Crippen LogP contribution in [0.15, 0.2) is 78.9 Å². The predicted molar refractivity (Wildman–Crippen MR) is 146 cm³/mol. The van der Waals surface area contributed by atoms with Crippen molar-refractivity contribution in [1.29, 1.82) is 5.26 Å². The maximum absolute atomic E-state index is 13.5. The van der Waals surface area contributed by atoms with Crippen LogP contribution < -0.4 is 10.6 Å². The second-order valence-electron chi connectivity index (χ2n) is 9.48. The van der Waals surface area contributed by atoms with Crippen LogP contribution >= 0.6 is 0 Å². The van der Waals surface area contributed by atoms with Gasteiger partial charge in [-0.25, -0.2) is 4.68 Å². The van der Waals surface area contributed by atoms with Gasteiger partial charge >= 0.3 is 6.18 Å². The number of hydrogen-bond acceptors (Lipinski definition) is 5. The number of amides is 1. The average Bonchev–Trinajstić information content (AvgIpc) is 3.43. The third kappa shape index (κ3) is 6.68. The molecular formula is C30H28F3N5O2. The second kappa shape index (κ2) is 12.1. The number of anilines is 2. The van der Waals surface area contributed by atoms with Crippen LogP contribution in [0.3, 0.4) is 0 Å². The fourth-order valence-electron chi connectivity index (χ4n) is 3.98. The predicted octanol–water partition coefficient (Wildman–Crippen LogP) is 6.55. The third-order valence-electron chi connectivity index (χ3n) is 6.49. The number of nitrogens with one attached hydrogen (secondary N) is 2. The maximum atomic E-state index is 13.5. The summed E-state index contributed by atoms with van der Waals surface area (Å²) in [4.78, 5) is 13.1. The fraction of sp³-hybridized carbons (Fsp3) is 0.233. The first-order valence-electron chi connectivity index (χ1n) is 12.7. The summed E-state index contributed by atoms with van der Waals surface area (Å²) in [6, 6.07) is 22.2. The number of aliphatic hydroxyl groups excluding tert-OH is 1. The van der Waals surface area contributed by atoms with Crippen molar-refractivity contribution in [3.8, 4) is 11.8 Å². The quantitative estimate of drug-likeness (QED) is 0.220. The van der Waals surface area contributed by atoms with Crippen LogP contribution in [-0.4, -0.2) is 27.3 Å². The molecule has 40 heavy (non-hydrogen) atoms. The van der Waals surface area contributed by atoms with Gasteiger partial charge in [-0.15, -0.1) is 0 Å². The van der Waals surface area contributed by atoms with E-state index in [2.05, 4.69) is 29.6 Å². The Morgan fingerprint density at radius 2 is 1.75 bits per heavy atom.